The van der Waals surface area contributed by atoms with Crippen LogP contribution in [0.2, 0.25) is 0 Å². The summed E-state index contributed by atoms with van der Waals surface area (Å²) >= 11 is 0. The van der Waals surface area contributed by atoms with Gasteiger partial charge in [0.05, 0.1) is 17.1 Å². The Morgan fingerprint density at radius 3 is 2.84 bits per heavy atom. The Morgan fingerprint density at radius 2 is 2.08 bits per heavy atom. The SMILES string of the molecule is CCCc1cc(=O)oc2c3c(c4c(c12)OC(C)(C)C=C4)O[C@@H](C)CC3. The van der Waals surface area contributed by atoms with Crippen molar-refractivity contribution in [1.29, 1.82) is 0 Å². The van der Waals surface area contributed by atoms with E-state index in [0.29, 0.717) is 5.58 Å². The van der Waals surface area contributed by atoms with Gasteiger partial charge >= 0.3 is 5.63 Å². The number of fused-ring (bicyclic) bond motifs is 6. The molecule has 1 atom stereocenters. The molecule has 1 aromatic carbocycles. The number of aryl methyl sites for hydroxylation is 2. The quantitative estimate of drug-likeness (QED) is 0.747. The lowest BCUT2D eigenvalue weighted by molar-refractivity contribution is 0.156. The summed E-state index contributed by atoms with van der Waals surface area (Å²) in [7, 11) is 0. The molecule has 2 aromatic rings. The van der Waals surface area contributed by atoms with E-state index in [2.05, 4.69) is 26.0 Å². The summed E-state index contributed by atoms with van der Waals surface area (Å²) in [4.78, 5) is 12.2. The zero-order valence-corrected chi connectivity index (χ0v) is 15.3. The van der Waals surface area contributed by atoms with Gasteiger partial charge in [0.1, 0.15) is 22.7 Å². The first-order chi connectivity index (χ1) is 11.9. The van der Waals surface area contributed by atoms with E-state index in [9.17, 15) is 4.79 Å². The Balaban J connectivity index is 2.13. The van der Waals surface area contributed by atoms with Crippen molar-refractivity contribution in [3.63, 3.8) is 0 Å². The van der Waals surface area contributed by atoms with Crippen molar-refractivity contribution in [1.82, 2.24) is 0 Å². The summed E-state index contributed by atoms with van der Waals surface area (Å²) in [5.74, 6) is 1.59. The predicted octanol–water partition coefficient (Wildman–Crippen LogP) is 4.64. The van der Waals surface area contributed by atoms with Gasteiger partial charge in [-0.2, -0.15) is 0 Å². The van der Waals surface area contributed by atoms with Gasteiger partial charge in [0.15, 0.2) is 0 Å². The normalized spacial score (nSPS) is 20.6. The number of benzene rings is 1. The lowest BCUT2D eigenvalue weighted by Gasteiger charge is -2.33. The molecule has 2 aliphatic heterocycles. The van der Waals surface area contributed by atoms with Crippen molar-refractivity contribution >= 4 is 17.0 Å². The lowest BCUT2D eigenvalue weighted by Crippen LogP contribution is -2.29. The van der Waals surface area contributed by atoms with E-state index in [1.165, 1.54) is 0 Å². The van der Waals surface area contributed by atoms with Crippen molar-refractivity contribution in [3.8, 4) is 11.5 Å². The number of ether oxygens (including phenoxy) is 2. The van der Waals surface area contributed by atoms with Crippen LogP contribution in [-0.4, -0.2) is 11.7 Å². The third-order valence-corrected chi connectivity index (χ3v) is 4.96. The number of hydrogen-bond donors (Lipinski definition) is 0. The van der Waals surface area contributed by atoms with Crippen LogP contribution in [0.25, 0.3) is 17.0 Å². The first-order valence-electron chi connectivity index (χ1n) is 9.10. The first-order valence-corrected chi connectivity index (χ1v) is 9.10. The van der Waals surface area contributed by atoms with Crippen LogP contribution in [0.4, 0.5) is 0 Å². The fourth-order valence-electron chi connectivity index (χ4n) is 3.78. The van der Waals surface area contributed by atoms with E-state index in [4.69, 9.17) is 13.9 Å². The molecule has 2 aliphatic rings. The molecule has 1 aromatic heterocycles. The third kappa shape index (κ3) is 2.64. The minimum absolute atomic E-state index is 0.142. The monoisotopic (exact) mass is 340 g/mol. The summed E-state index contributed by atoms with van der Waals surface area (Å²) in [6.07, 6.45) is 7.82. The van der Waals surface area contributed by atoms with Gasteiger partial charge < -0.3 is 13.9 Å². The maximum Gasteiger partial charge on any atom is 0.336 e. The highest BCUT2D eigenvalue weighted by Gasteiger charge is 2.33. The topological polar surface area (TPSA) is 48.7 Å². The molecule has 0 radical (unpaired) electrons. The second-order valence-electron chi connectivity index (χ2n) is 7.60. The van der Waals surface area contributed by atoms with Crippen LogP contribution in [0, 0.1) is 0 Å². The van der Waals surface area contributed by atoms with E-state index >= 15 is 0 Å². The van der Waals surface area contributed by atoms with Gasteiger partial charge in [-0.1, -0.05) is 13.3 Å². The average Bonchev–Trinajstić information content (AvgIpc) is 2.53. The highest BCUT2D eigenvalue weighted by atomic mass is 16.5. The minimum Gasteiger partial charge on any atom is -0.490 e. The largest absolute Gasteiger partial charge is 0.490 e. The number of rotatable bonds is 2. The second kappa shape index (κ2) is 5.65. The van der Waals surface area contributed by atoms with Crippen molar-refractivity contribution < 1.29 is 13.9 Å². The Bertz CT molecular complexity index is 933. The van der Waals surface area contributed by atoms with Gasteiger partial charge in [-0.25, -0.2) is 4.79 Å². The van der Waals surface area contributed by atoms with Crippen molar-refractivity contribution in [2.45, 2.75) is 65.1 Å². The van der Waals surface area contributed by atoms with Gasteiger partial charge in [-0.15, -0.1) is 0 Å². The standard InChI is InChI=1S/C21H24O4/c1-5-6-13-11-16(22)24-19-14-8-7-12(2)23-18(14)15-9-10-21(3,4)25-20(15)17(13)19/h9-12H,5-8H2,1-4H3/t12-/m0/s1. The van der Waals surface area contributed by atoms with E-state index in [1.807, 2.05) is 13.8 Å². The average molecular weight is 340 g/mol. The Kier molecular flexibility index (Phi) is 3.67. The summed E-state index contributed by atoms with van der Waals surface area (Å²) < 4.78 is 18.2. The second-order valence-corrected chi connectivity index (χ2v) is 7.60. The number of hydrogen-bond acceptors (Lipinski definition) is 4. The van der Waals surface area contributed by atoms with E-state index in [-0.39, 0.29) is 11.7 Å². The molecule has 0 saturated heterocycles. The van der Waals surface area contributed by atoms with E-state index in [1.54, 1.807) is 6.07 Å². The van der Waals surface area contributed by atoms with Gasteiger partial charge in [0.2, 0.25) is 0 Å². The van der Waals surface area contributed by atoms with Crippen molar-refractivity contribution in [2.24, 2.45) is 0 Å². The van der Waals surface area contributed by atoms with Crippen LogP contribution < -0.4 is 15.1 Å². The summed E-state index contributed by atoms with van der Waals surface area (Å²) in [5, 5.41) is 0.936. The highest BCUT2D eigenvalue weighted by Crippen LogP contribution is 2.48. The molecule has 4 heteroatoms. The fraction of sp³-hybridized carbons (Fsp3) is 0.476. The smallest absolute Gasteiger partial charge is 0.336 e. The molecule has 0 amide bonds. The minimum atomic E-state index is -0.409. The van der Waals surface area contributed by atoms with Crippen LogP contribution >= 0.6 is 0 Å². The Hall–Kier alpha value is -2.23. The highest BCUT2D eigenvalue weighted by molar-refractivity contribution is 5.96. The summed E-state index contributed by atoms with van der Waals surface area (Å²) in [5.41, 5.74) is 2.89. The van der Waals surface area contributed by atoms with Crippen molar-refractivity contribution in [3.05, 3.63) is 39.3 Å². The molecule has 0 N–H and O–H groups in total. The molecule has 0 fully saturated rings. The molecule has 0 aliphatic carbocycles. The summed E-state index contributed by atoms with van der Waals surface area (Å²) in [6, 6.07) is 1.61. The third-order valence-electron chi connectivity index (χ3n) is 4.96. The van der Waals surface area contributed by atoms with Crippen LogP contribution in [0.5, 0.6) is 11.5 Å². The molecule has 4 nitrogen and oxygen atoms in total. The lowest BCUT2D eigenvalue weighted by atomic mass is 9.90. The zero-order valence-electron chi connectivity index (χ0n) is 15.3. The Labute approximate surface area is 147 Å². The molecule has 0 saturated carbocycles. The molecule has 25 heavy (non-hydrogen) atoms. The Morgan fingerprint density at radius 1 is 1.28 bits per heavy atom. The van der Waals surface area contributed by atoms with Gasteiger partial charge in [-0.05, 0) is 57.7 Å². The zero-order chi connectivity index (χ0) is 17.8. The maximum absolute atomic E-state index is 12.2. The van der Waals surface area contributed by atoms with Crippen molar-refractivity contribution in [2.75, 3.05) is 0 Å². The first kappa shape index (κ1) is 16.2. The predicted molar refractivity (Wildman–Crippen MR) is 98.6 cm³/mol. The van der Waals surface area contributed by atoms with Gasteiger partial charge in [0, 0.05) is 11.6 Å². The van der Waals surface area contributed by atoms with Gasteiger partial charge in [-0.3, -0.25) is 0 Å². The molecule has 4 rings (SSSR count). The van der Waals surface area contributed by atoms with E-state index in [0.717, 1.165) is 59.3 Å². The molecule has 132 valence electrons. The van der Waals surface area contributed by atoms with Crippen LogP contribution in [0.1, 0.15) is 57.2 Å². The fourth-order valence-corrected chi connectivity index (χ4v) is 3.78. The van der Waals surface area contributed by atoms with Gasteiger partial charge in [0.25, 0.3) is 0 Å². The summed E-state index contributed by atoms with van der Waals surface area (Å²) in [6.45, 7) is 8.24. The molecular weight excluding hydrogens is 316 g/mol. The van der Waals surface area contributed by atoms with Crippen LogP contribution in [0.3, 0.4) is 0 Å². The van der Waals surface area contributed by atoms with Crippen LogP contribution in [0.15, 0.2) is 21.4 Å². The molecule has 0 spiro atoms. The molecule has 0 unspecified atom stereocenters. The molecule has 3 heterocycles. The molecular formula is C21H24O4. The molecule has 0 bridgehead atoms. The van der Waals surface area contributed by atoms with Crippen LogP contribution in [-0.2, 0) is 12.8 Å². The maximum atomic E-state index is 12.2. The van der Waals surface area contributed by atoms with E-state index < -0.39 is 5.60 Å².